The Morgan fingerprint density at radius 2 is 1.47 bits per heavy atom. The molecule has 2 aromatic carbocycles. The van der Waals surface area contributed by atoms with Crippen molar-refractivity contribution in [1.82, 2.24) is 0 Å². The van der Waals surface area contributed by atoms with E-state index in [2.05, 4.69) is 65.0 Å². The van der Waals surface area contributed by atoms with Gasteiger partial charge in [-0.3, -0.25) is 0 Å². The van der Waals surface area contributed by atoms with Crippen molar-refractivity contribution >= 4 is 0 Å². The molecule has 0 heteroatoms. The van der Waals surface area contributed by atoms with Gasteiger partial charge in [0.2, 0.25) is 0 Å². The molecule has 1 radical (unpaired) electrons. The molecule has 0 unspecified atom stereocenters. The molecule has 0 heterocycles. The molecular formula is C17H19. The molecule has 0 saturated carbocycles. The first-order valence-electron chi connectivity index (χ1n) is 6.07. The lowest BCUT2D eigenvalue weighted by Gasteiger charge is -2.14. The predicted octanol–water partition coefficient (Wildman–Crippen LogP) is 4.70. The fraction of sp³-hybridized carbons (Fsp3) is 0.294. The van der Waals surface area contributed by atoms with Crippen LogP contribution in [0.25, 0.3) is 11.1 Å². The molecular weight excluding hydrogens is 204 g/mol. The summed E-state index contributed by atoms with van der Waals surface area (Å²) in [6.07, 6.45) is 0. The molecule has 0 amide bonds. The zero-order chi connectivity index (χ0) is 12.6. The van der Waals surface area contributed by atoms with Crippen molar-refractivity contribution in [3.05, 3.63) is 58.1 Å². The Labute approximate surface area is 104 Å². The van der Waals surface area contributed by atoms with E-state index in [1.165, 1.54) is 38.9 Å². The van der Waals surface area contributed by atoms with Crippen molar-refractivity contribution < 1.29 is 0 Å². The summed E-state index contributed by atoms with van der Waals surface area (Å²) in [5.74, 6) is 0. The smallest absolute Gasteiger partial charge is 0.0143 e. The van der Waals surface area contributed by atoms with E-state index in [4.69, 9.17) is 0 Å². The second-order valence-corrected chi connectivity index (χ2v) is 4.82. The zero-order valence-electron chi connectivity index (χ0n) is 11.3. The molecule has 0 fully saturated rings. The molecule has 0 bridgehead atoms. The third-order valence-corrected chi connectivity index (χ3v) is 3.86. The molecule has 17 heavy (non-hydrogen) atoms. The van der Waals surface area contributed by atoms with Crippen molar-refractivity contribution in [2.24, 2.45) is 0 Å². The molecule has 0 N–H and O–H groups in total. The van der Waals surface area contributed by atoms with Crippen LogP contribution >= 0.6 is 0 Å². The van der Waals surface area contributed by atoms with Gasteiger partial charge in [-0.2, -0.15) is 0 Å². The Morgan fingerprint density at radius 1 is 0.765 bits per heavy atom. The summed E-state index contributed by atoms with van der Waals surface area (Å²) in [5, 5.41) is 0. The van der Waals surface area contributed by atoms with Crippen LogP contribution in [0.3, 0.4) is 0 Å². The first kappa shape index (κ1) is 11.9. The molecule has 2 aromatic rings. The van der Waals surface area contributed by atoms with E-state index in [0.29, 0.717) is 0 Å². The van der Waals surface area contributed by atoms with Crippen LogP contribution in [0.2, 0.25) is 0 Å². The number of hydrogen-bond donors (Lipinski definition) is 0. The fourth-order valence-corrected chi connectivity index (χ4v) is 2.20. The third kappa shape index (κ3) is 2.00. The van der Waals surface area contributed by atoms with Crippen molar-refractivity contribution in [3.8, 4) is 11.1 Å². The minimum Gasteiger partial charge on any atom is -0.0614 e. The Balaban J connectivity index is 2.69. The average Bonchev–Trinajstić information content (AvgIpc) is 2.31. The van der Waals surface area contributed by atoms with Gasteiger partial charge in [-0.25, -0.2) is 0 Å². The van der Waals surface area contributed by atoms with Crippen molar-refractivity contribution in [2.45, 2.75) is 34.6 Å². The van der Waals surface area contributed by atoms with Gasteiger partial charge in [-0.05, 0) is 85.7 Å². The highest BCUT2D eigenvalue weighted by Crippen LogP contribution is 2.30. The summed E-state index contributed by atoms with van der Waals surface area (Å²) in [7, 11) is 0. The van der Waals surface area contributed by atoms with Crippen LogP contribution in [0.1, 0.15) is 27.8 Å². The molecule has 0 aliphatic rings. The standard InChI is InChI=1S/C17H19/c1-11-7-6-8-16(14(11)4)17-10-9-12(2)13(3)15(17)5/h6-8,10H,1-5H3. The van der Waals surface area contributed by atoms with Gasteiger partial charge in [0.05, 0.1) is 0 Å². The summed E-state index contributed by atoms with van der Waals surface area (Å²) < 4.78 is 0. The highest BCUT2D eigenvalue weighted by molar-refractivity contribution is 5.72. The number of hydrogen-bond acceptors (Lipinski definition) is 0. The van der Waals surface area contributed by atoms with Gasteiger partial charge in [-0.1, -0.05) is 18.2 Å². The molecule has 0 nitrogen and oxygen atoms in total. The summed E-state index contributed by atoms with van der Waals surface area (Å²) in [4.78, 5) is 0. The summed E-state index contributed by atoms with van der Waals surface area (Å²) in [6, 6.07) is 12.0. The molecule has 0 saturated heterocycles. The van der Waals surface area contributed by atoms with Crippen molar-refractivity contribution in [3.63, 3.8) is 0 Å². The monoisotopic (exact) mass is 223 g/mol. The zero-order valence-corrected chi connectivity index (χ0v) is 11.3. The first-order valence-corrected chi connectivity index (χ1v) is 6.07. The Bertz CT molecular complexity index is 562. The third-order valence-electron chi connectivity index (χ3n) is 3.86. The molecule has 0 aliphatic heterocycles. The van der Waals surface area contributed by atoms with E-state index in [0.717, 1.165) is 0 Å². The second-order valence-electron chi connectivity index (χ2n) is 4.82. The highest BCUT2D eigenvalue weighted by atomic mass is 14.1. The summed E-state index contributed by atoms with van der Waals surface area (Å²) in [6.45, 7) is 10.9. The SMILES string of the molecule is Cc1[c]cc(-c2cccc(C)c2C)c(C)c1C. The number of benzene rings is 2. The maximum atomic E-state index is 3.35. The largest absolute Gasteiger partial charge is 0.0614 e. The topological polar surface area (TPSA) is 0 Å². The Hall–Kier alpha value is -1.56. The molecule has 0 atom stereocenters. The molecule has 2 rings (SSSR count). The lowest BCUT2D eigenvalue weighted by atomic mass is 9.90. The van der Waals surface area contributed by atoms with Gasteiger partial charge in [0, 0.05) is 0 Å². The van der Waals surface area contributed by atoms with Gasteiger partial charge in [0.25, 0.3) is 0 Å². The molecule has 0 aromatic heterocycles. The predicted molar refractivity (Wildman–Crippen MR) is 74.4 cm³/mol. The van der Waals surface area contributed by atoms with E-state index >= 15 is 0 Å². The van der Waals surface area contributed by atoms with Gasteiger partial charge in [0.15, 0.2) is 0 Å². The van der Waals surface area contributed by atoms with E-state index < -0.39 is 0 Å². The highest BCUT2D eigenvalue weighted by Gasteiger charge is 2.09. The van der Waals surface area contributed by atoms with Crippen molar-refractivity contribution in [1.29, 1.82) is 0 Å². The minimum absolute atomic E-state index is 1.25. The molecule has 0 spiro atoms. The number of aryl methyl sites for hydroxylation is 2. The van der Waals surface area contributed by atoms with Gasteiger partial charge < -0.3 is 0 Å². The van der Waals surface area contributed by atoms with Crippen LogP contribution in [0.5, 0.6) is 0 Å². The van der Waals surface area contributed by atoms with Crippen molar-refractivity contribution in [2.75, 3.05) is 0 Å². The van der Waals surface area contributed by atoms with Gasteiger partial charge in [0.1, 0.15) is 0 Å². The normalized spacial score (nSPS) is 10.6. The summed E-state index contributed by atoms with van der Waals surface area (Å²) in [5.41, 5.74) is 9.33. The van der Waals surface area contributed by atoms with E-state index in [1.54, 1.807) is 0 Å². The average molecular weight is 223 g/mol. The van der Waals surface area contributed by atoms with Crippen LogP contribution in [-0.4, -0.2) is 0 Å². The van der Waals surface area contributed by atoms with E-state index in [-0.39, 0.29) is 0 Å². The lowest BCUT2D eigenvalue weighted by Crippen LogP contribution is -1.94. The van der Waals surface area contributed by atoms with E-state index in [1.807, 2.05) is 0 Å². The lowest BCUT2D eigenvalue weighted by molar-refractivity contribution is 1.25. The molecule has 0 aliphatic carbocycles. The van der Waals surface area contributed by atoms with Crippen LogP contribution < -0.4 is 0 Å². The summed E-state index contributed by atoms with van der Waals surface area (Å²) >= 11 is 0. The van der Waals surface area contributed by atoms with E-state index in [9.17, 15) is 0 Å². The van der Waals surface area contributed by atoms with Crippen LogP contribution in [0.15, 0.2) is 24.3 Å². The van der Waals surface area contributed by atoms with Crippen LogP contribution in [0.4, 0.5) is 0 Å². The quantitative estimate of drug-likeness (QED) is 0.657. The van der Waals surface area contributed by atoms with Crippen LogP contribution in [0, 0.1) is 40.7 Å². The number of rotatable bonds is 1. The minimum atomic E-state index is 1.25. The second kappa shape index (κ2) is 4.37. The maximum absolute atomic E-state index is 3.35. The van der Waals surface area contributed by atoms with Gasteiger partial charge in [-0.15, -0.1) is 0 Å². The fourth-order valence-electron chi connectivity index (χ4n) is 2.20. The van der Waals surface area contributed by atoms with Gasteiger partial charge >= 0.3 is 0 Å². The van der Waals surface area contributed by atoms with Crippen LogP contribution in [-0.2, 0) is 0 Å². The first-order chi connectivity index (χ1) is 8.02. The maximum Gasteiger partial charge on any atom is -0.0143 e. The Kier molecular flexibility index (Phi) is 3.06. The Morgan fingerprint density at radius 3 is 2.18 bits per heavy atom. The molecule has 87 valence electrons.